The molecule has 0 unspecified atom stereocenters. The predicted molar refractivity (Wildman–Crippen MR) is 96.0 cm³/mol. The Morgan fingerprint density at radius 2 is 1.77 bits per heavy atom. The molecule has 3 rings (SSSR count). The van der Waals surface area contributed by atoms with Crippen molar-refractivity contribution in [1.82, 2.24) is 9.78 Å². The number of amides is 1. The third-order valence-electron chi connectivity index (χ3n) is 3.95. The first-order valence-electron chi connectivity index (χ1n) is 8.10. The lowest BCUT2D eigenvalue weighted by molar-refractivity contribution is -0.143. The molecular formula is C18H12F5N3O3S. The van der Waals surface area contributed by atoms with E-state index in [2.05, 4.69) is 10.4 Å². The van der Waals surface area contributed by atoms with E-state index in [1.54, 1.807) is 0 Å². The average Bonchev–Trinajstić information content (AvgIpc) is 3.09. The number of nitrogens with zero attached hydrogens (tertiary/aromatic N) is 2. The normalized spacial score (nSPS) is 12.1. The second-order valence-corrected chi connectivity index (χ2v) is 8.18. The molecular weight excluding hydrogens is 433 g/mol. The summed E-state index contributed by atoms with van der Waals surface area (Å²) in [7, 11) is -3.61. The van der Waals surface area contributed by atoms with Crippen LogP contribution in [0.15, 0.2) is 53.6 Å². The Morgan fingerprint density at radius 3 is 2.37 bits per heavy atom. The van der Waals surface area contributed by atoms with Crippen LogP contribution >= 0.6 is 0 Å². The summed E-state index contributed by atoms with van der Waals surface area (Å²) in [5, 5.41) is 5.67. The predicted octanol–water partition coefficient (Wildman–Crippen LogP) is 3.83. The molecule has 0 atom stereocenters. The molecule has 0 saturated heterocycles. The topological polar surface area (TPSA) is 81.1 Å². The highest BCUT2D eigenvalue weighted by atomic mass is 32.2. The van der Waals surface area contributed by atoms with Crippen molar-refractivity contribution in [3.8, 4) is 5.69 Å². The van der Waals surface area contributed by atoms with Crippen LogP contribution in [0.2, 0.25) is 0 Å². The minimum Gasteiger partial charge on any atom is -0.322 e. The zero-order valence-electron chi connectivity index (χ0n) is 15.0. The van der Waals surface area contributed by atoms with Crippen LogP contribution < -0.4 is 5.32 Å². The lowest BCUT2D eigenvalue weighted by Crippen LogP contribution is -2.21. The van der Waals surface area contributed by atoms with Crippen molar-refractivity contribution in [2.45, 2.75) is 11.1 Å². The number of halogens is 5. The first kappa shape index (κ1) is 21.4. The van der Waals surface area contributed by atoms with Crippen molar-refractivity contribution >= 4 is 21.4 Å². The Labute approximate surface area is 166 Å². The number of sulfone groups is 1. The Balaban J connectivity index is 2.03. The van der Waals surface area contributed by atoms with Crippen molar-refractivity contribution < 1.29 is 35.2 Å². The Bertz CT molecular complexity index is 1240. The second kappa shape index (κ2) is 7.52. The van der Waals surface area contributed by atoms with E-state index in [0.717, 1.165) is 18.4 Å². The molecule has 0 aliphatic heterocycles. The zero-order valence-corrected chi connectivity index (χ0v) is 15.9. The molecule has 12 heteroatoms. The van der Waals surface area contributed by atoms with Crippen LogP contribution in [-0.2, 0) is 16.0 Å². The summed E-state index contributed by atoms with van der Waals surface area (Å²) in [6.07, 6.45) is -3.51. The van der Waals surface area contributed by atoms with Crippen LogP contribution in [0.25, 0.3) is 5.69 Å². The number of benzene rings is 2. The third-order valence-corrected chi connectivity index (χ3v) is 5.06. The molecule has 30 heavy (non-hydrogen) atoms. The molecule has 158 valence electrons. The Morgan fingerprint density at radius 1 is 1.07 bits per heavy atom. The van der Waals surface area contributed by atoms with Crippen molar-refractivity contribution in [1.29, 1.82) is 0 Å². The molecule has 0 fully saturated rings. The van der Waals surface area contributed by atoms with Gasteiger partial charge in [-0.1, -0.05) is 6.07 Å². The highest BCUT2D eigenvalue weighted by Gasteiger charge is 2.40. The highest BCUT2D eigenvalue weighted by Crippen LogP contribution is 2.34. The lowest BCUT2D eigenvalue weighted by atomic mass is 10.2. The van der Waals surface area contributed by atoms with E-state index >= 15 is 0 Å². The molecule has 3 aromatic rings. The number of anilines is 1. The third kappa shape index (κ3) is 4.32. The molecule has 2 aromatic carbocycles. The van der Waals surface area contributed by atoms with Gasteiger partial charge in [0.2, 0.25) is 0 Å². The van der Waals surface area contributed by atoms with Crippen LogP contribution in [0.3, 0.4) is 0 Å². The molecule has 1 aromatic heterocycles. The van der Waals surface area contributed by atoms with Gasteiger partial charge in [-0.3, -0.25) is 4.79 Å². The van der Waals surface area contributed by atoms with Crippen LogP contribution in [0, 0.1) is 11.6 Å². The summed E-state index contributed by atoms with van der Waals surface area (Å²) in [6, 6.07) is 6.95. The monoisotopic (exact) mass is 445 g/mol. The van der Waals surface area contributed by atoms with Crippen LogP contribution in [-0.4, -0.2) is 30.4 Å². The first-order valence-corrected chi connectivity index (χ1v) is 9.99. The van der Waals surface area contributed by atoms with Gasteiger partial charge >= 0.3 is 6.18 Å². The van der Waals surface area contributed by atoms with Gasteiger partial charge in [-0.2, -0.15) is 18.3 Å². The van der Waals surface area contributed by atoms with Gasteiger partial charge in [-0.05, 0) is 30.3 Å². The number of carbonyl (C=O) groups is 1. The zero-order chi connectivity index (χ0) is 22.3. The van der Waals surface area contributed by atoms with E-state index in [0.29, 0.717) is 18.3 Å². The minimum absolute atomic E-state index is 0.0587. The number of hydrogen-bond acceptors (Lipinski definition) is 4. The number of hydrogen-bond donors (Lipinski definition) is 1. The van der Waals surface area contributed by atoms with Gasteiger partial charge in [0.25, 0.3) is 5.91 Å². The number of carbonyl (C=O) groups excluding carboxylic acids is 1. The van der Waals surface area contributed by atoms with Gasteiger partial charge in [0.1, 0.15) is 0 Å². The molecule has 0 aliphatic rings. The highest BCUT2D eigenvalue weighted by molar-refractivity contribution is 7.90. The SMILES string of the molecule is CS(=O)(=O)c1cccc(NC(=O)c2cnn(-c3ccc(F)c(F)c3)c2C(F)(F)F)c1. The Kier molecular flexibility index (Phi) is 5.37. The van der Waals surface area contributed by atoms with E-state index in [9.17, 15) is 35.2 Å². The van der Waals surface area contributed by atoms with E-state index in [-0.39, 0.29) is 15.3 Å². The summed E-state index contributed by atoms with van der Waals surface area (Å²) in [6.45, 7) is 0. The molecule has 0 bridgehead atoms. The van der Waals surface area contributed by atoms with Crippen molar-refractivity contribution in [3.05, 3.63) is 71.6 Å². The smallest absolute Gasteiger partial charge is 0.322 e. The van der Waals surface area contributed by atoms with E-state index in [1.807, 2.05) is 0 Å². The van der Waals surface area contributed by atoms with Crippen LogP contribution in [0.1, 0.15) is 16.1 Å². The minimum atomic E-state index is -5.07. The first-order chi connectivity index (χ1) is 13.9. The van der Waals surface area contributed by atoms with Gasteiger partial charge in [0, 0.05) is 18.0 Å². The maximum Gasteiger partial charge on any atom is 0.434 e. The van der Waals surface area contributed by atoms with Crippen molar-refractivity contribution in [2.75, 3.05) is 11.6 Å². The molecule has 6 nitrogen and oxygen atoms in total. The Hall–Kier alpha value is -3.28. The summed E-state index contributed by atoms with van der Waals surface area (Å²) < 4.78 is 91.0. The van der Waals surface area contributed by atoms with Crippen LogP contribution in [0.5, 0.6) is 0 Å². The molecule has 1 amide bonds. The molecule has 0 radical (unpaired) electrons. The van der Waals surface area contributed by atoms with E-state index in [4.69, 9.17) is 0 Å². The fourth-order valence-electron chi connectivity index (χ4n) is 2.60. The standard InChI is InChI=1S/C18H12F5N3O3S/c1-30(28,29)12-4-2-3-10(7-12)25-17(27)13-9-24-26(16(13)18(21,22)23)11-5-6-14(19)15(20)8-11/h2-9H,1H3,(H,25,27). The average molecular weight is 445 g/mol. The largest absolute Gasteiger partial charge is 0.434 e. The number of alkyl halides is 3. The van der Waals surface area contributed by atoms with Gasteiger partial charge in [0.15, 0.2) is 27.2 Å². The fourth-order valence-corrected chi connectivity index (χ4v) is 3.27. The molecule has 1 heterocycles. The number of rotatable bonds is 4. The van der Waals surface area contributed by atoms with Gasteiger partial charge in [0.05, 0.1) is 22.3 Å². The summed E-state index contributed by atoms with van der Waals surface area (Å²) in [4.78, 5) is 12.3. The molecule has 1 N–H and O–H groups in total. The summed E-state index contributed by atoms with van der Waals surface area (Å²) >= 11 is 0. The van der Waals surface area contributed by atoms with Crippen molar-refractivity contribution in [3.63, 3.8) is 0 Å². The van der Waals surface area contributed by atoms with Crippen molar-refractivity contribution in [2.24, 2.45) is 0 Å². The quantitative estimate of drug-likeness (QED) is 0.619. The van der Waals surface area contributed by atoms with E-state index in [1.165, 1.54) is 18.2 Å². The fraction of sp³-hybridized carbons (Fsp3) is 0.111. The molecule has 0 spiro atoms. The van der Waals surface area contributed by atoms with Gasteiger partial charge in [-0.25, -0.2) is 21.9 Å². The maximum atomic E-state index is 13.6. The molecule has 0 saturated carbocycles. The number of aromatic nitrogens is 2. The van der Waals surface area contributed by atoms with Gasteiger partial charge in [-0.15, -0.1) is 0 Å². The molecule has 0 aliphatic carbocycles. The lowest BCUT2D eigenvalue weighted by Gasteiger charge is -2.13. The maximum absolute atomic E-state index is 13.6. The van der Waals surface area contributed by atoms with Crippen LogP contribution in [0.4, 0.5) is 27.6 Å². The second-order valence-electron chi connectivity index (χ2n) is 6.17. The summed E-state index contributed by atoms with van der Waals surface area (Å²) in [5.74, 6) is -3.87. The van der Waals surface area contributed by atoms with E-state index < -0.39 is 50.5 Å². The van der Waals surface area contributed by atoms with Gasteiger partial charge < -0.3 is 5.32 Å². The number of nitrogens with one attached hydrogen (secondary N) is 1. The summed E-state index contributed by atoms with van der Waals surface area (Å²) in [5.41, 5.74) is -2.90.